The Kier molecular flexibility index (Phi) is 3.87. The van der Waals surface area contributed by atoms with Gasteiger partial charge < -0.3 is 16.0 Å². The fourth-order valence-electron chi connectivity index (χ4n) is 2.00. The maximum absolute atomic E-state index is 5.86. The van der Waals surface area contributed by atoms with E-state index in [4.69, 9.17) is 11.5 Å². The number of nitrogens with zero attached hydrogens (tertiary/aromatic N) is 5. The lowest BCUT2D eigenvalue weighted by Gasteiger charge is -2.05. The molecule has 3 aromatic rings. The standard InChI is InChI=1S/C13H15N7S/c14-9-6-16-3-2-10(9)21-5-1-4-20-8-19-11-12(15)17-7-18-13(11)20/h2-3,6-8H,1,4-5,14H2,(H2,15,17,18). The summed E-state index contributed by atoms with van der Waals surface area (Å²) in [4.78, 5) is 17.4. The van der Waals surface area contributed by atoms with Crippen LogP contribution in [0.1, 0.15) is 6.42 Å². The maximum Gasteiger partial charge on any atom is 0.165 e. The molecule has 7 nitrogen and oxygen atoms in total. The first kappa shape index (κ1) is 13.6. The van der Waals surface area contributed by atoms with E-state index in [0.717, 1.165) is 34.9 Å². The lowest BCUT2D eigenvalue weighted by Crippen LogP contribution is -2.00. The van der Waals surface area contributed by atoms with Crippen molar-refractivity contribution in [1.82, 2.24) is 24.5 Å². The highest BCUT2D eigenvalue weighted by atomic mass is 32.2. The third kappa shape index (κ3) is 2.89. The van der Waals surface area contributed by atoms with Crippen molar-refractivity contribution < 1.29 is 0 Å². The van der Waals surface area contributed by atoms with Crippen molar-refractivity contribution in [1.29, 1.82) is 0 Å². The Morgan fingerprint density at radius 1 is 1.19 bits per heavy atom. The van der Waals surface area contributed by atoms with Crippen LogP contribution in [0.25, 0.3) is 11.2 Å². The number of hydrogen-bond donors (Lipinski definition) is 2. The van der Waals surface area contributed by atoms with Crippen LogP contribution >= 0.6 is 11.8 Å². The van der Waals surface area contributed by atoms with Crippen LogP contribution in [0.2, 0.25) is 0 Å². The summed E-state index contributed by atoms with van der Waals surface area (Å²) < 4.78 is 1.99. The predicted octanol–water partition coefficient (Wildman–Crippen LogP) is 1.57. The van der Waals surface area contributed by atoms with Gasteiger partial charge in [-0.15, -0.1) is 11.8 Å². The summed E-state index contributed by atoms with van der Waals surface area (Å²) in [6.45, 7) is 0.824. The Balaban J connectivity index is 1.60. The summed E-state index contributed by atoms with van der Waals surface area (Å²) in [6.07, 6.45) is 7.61. The number of fused-ring (bicyclic) bond motifs is 1. The van der Waals surface area contributed by atoms with Crippen molar-refractivity contribution >= 4 is 34.4 Å². The summed E-state index contributed by atoms with van der Waals surface area (Å²) >= 11 is 1.72. The second-order valence-electron chi connectivity index (χ2n) is 4.48. The molecule has 0 spiro atoms. The summed E-state index contributed by atoms with van der Waals surface area (Å²) in [7, 11) is 0. The molecule has 0 radical (unpaired) electrons. The molecule has 0 amide bonds. The van der Waals surface area contributed by atoms with Gasteiger partial charge in [0.05, 0.1) is 18.2 Å². The van der Waals surface area contributed by atoms with Crippen LogP contribution in [0.5, 0.6) is 0 Å². The van der Waals surface area contributed by atoms with Crippen molar-refractivity contribution in [3.8, 4) is 0 Å². The quantitative estimate of drug-likeness (QED) is 0.544. The van der Waals surface area contributed by atoms with Crippen molar-refractivity contribution in [2.24, 2.45) is 0 Å². The van der Waals surface area contributed by atoms with E-state index in [0.29, 0.717) is 11.3 Å². The lowest BCUT2D eigenvalue weighted by atomic mass is 10.4. The van der Waals surface area contributed by atoms with E-state index in [9.17, 15) is 0 Å². The number of nitrogen functional groups attached to an aromatic ring is 2. The number of imidazole rings is 1. The Morgan fingerprint density at radius 3 is 2.95 bits per heavy atom. The van der Waals surface area contributed by atoms with E-state index in [2.05, 4.69) is 19.9 Å². The Labute approximate surface area is 125 Å². The molecule has 0 aliphatic heterocycles. The SMILES string of the molecule is Nc1cnccc1SCCCn1cnc2c(N)ncnc21. The maximum atomic E-state index is 5.86. The molecule has 8 heteroatoms. The van der Waals surface area contributed by atoms with Gasteiger partial charge in [-0.1, -0.05) is 0 Å². The minimum absolute atomic E-state index is 0.415. The molecule has 0 aromatic carbocycles. The number of anilines is 2. The van der Waals surface area contributed by atoms with Gasteiger partial charge in [0.25, 0.3) is 0 Å². The van der Waals surface area contributed by atoms with E-state index in [1.165, 1.54) is 6.33 Å². The average Bonchev–Trinajstić information content (AvgIpc) is 2.90. The molecule has 0 fully saturated rings. The van der Waals surface area contributed by atoms with Gasteiger partial charge in [0.1, 0.15) is 11.8 Å². The fraction of sp³-hybridized carbons (Fsp3) is 0.231. The molecule has 3 heterocycles. The number of thioether (sulfide) groups is 1. The molecule has 0 aliphatic carbocycles. The molecule has 0 unspecified atom stereocenters. The van der Waals surface area contributed by atoms with Crippen LogP contribution < -0.4 is 11.5 Å². The minimum atomic E-state index is 0.415. The van der Waals surface area contributed by atoms with Crippen LogP contribution in [0, 0.1) is 0 Å². The van der Waals surface area contributed by atoms with Crippen molar-refractivity contribution in [2.45, 2.75) is 17.9 Å². The fourth-order valence-corrected chi connectivity index (χ4v) is 2.87. The third-order valence-electron chi connectivity index (χ3n) is 3.04. The number of rotatable bonds is 5. The van der Waals surface area contributed by atoms with E-state index < -0.39 is 0 Å². The molecule has 3 aromatic heterocycles. The number of hydrogen-bond acceptors (Lipinski definition) is 7. The van der Waals surface area contributed by atoms with Gasteiger partial charge >= 0.3 is 0 Å². The van der Waals surface area contributed by atoms with E-state index in [1.54, 1.807) is 30.5 Å². The van der Waals surface area contributed by atoms with Crippen LogP contribution in [0.4, 0.5) is 11.5 Å². The van der Waals surface area contributed by atoms with Crippen molar-refractivity contribution in [2.75, 3.05) is 17.2 Å². The topological polar surface area (TPSA) is 109 Å². The second kappa shape index (κ2) is 5.96. The molecule has 4 N–H and O–H groups in total. The highest BCUT2D eigenvalue weighted by molar-refractivity contribution is 7.99. The largest absolute Gasteiger partial charge is 0.397 e. The van der Waals surface area contributed by atoms with Gasteiger partial charge in [-0.2, -0.15) is 0 Å². The van der Waals surface area contributed by atoms with E-state index in [-0.39, 0.29) is 0 Å². The smallest absolute Gasteiger partial charge is 0.165 e. The average molecular weight is 301 g/mol. The summed E-state index contributed by atoms with van der Waals surface area (Å²) in [6, 6.07) is 1.93. The first-order valence-electron chi connectivity index (χ1n) is 6.49. The zero-order valence-corrected chi connectivity index (χ0v) is 12.1. The predicted molar refractivity (Wildman–Crippen MR) is 83.7 cm³/mol. The van der Waals surface area contributed by atoms with Gasteiger partial charge in [0, 0.05) is 17.6 Å². The molecule has 108 valence electrons. The zero-order chi connectivity index (χ0) is 14.7. The summed E-state index contributed by atoms with van der Waals surface area (Å²) in [5, 5.41) is 0. The van der Waals surface area contributed by atoms with Crippen molar-refractivity contribution in [3.05, 3.63) is 31.1 Å². The Bertz CT molecular complexity index is 755. The molecular weight excluding hydrogens is 286 g/mol. The summed E-state index contributed by atoms with van der Waals surface area (Å²) in [5.74, 6) is 1.37. The van der Waals surface area contributed by atoms with Gasteiger partial charge in [-0.05, 0) is 18.2 Å². The van der Waals surface area contributed by atoms with Gasteiger partial charge in [-0.3, -0.25) is 4.98 Å². The first-order chi connectivity index (χ1) is 10.3. The minimum Gasteiger partial charge on any atom is -0.397 e. The number of nitrogens with two attached hydrogens (primary N) is 2. The molecular formula is C13H15N7S. The highest BCUT2D eigenvalue weighted by Gasteiger charge is 2.07. The number of aryl methyl sites for hydroxylation is 1. The van der Waals surface area contributed by atoms with Crippen LogP contribution in [-0.2, 0) is 6.54 Å². The van der Waals surface area contributed by atoms with E-state index in [1.807, 2.05) is 10.6 Å². The number of aromatic nitrogens is 5. The van der Waals surface area contributed by atoms with Crippen LogP contribution in [-0.4, -0.2) is 30.3 Å². The molecule has 21 heavy (non-hydrogen) atoms. The molecule has 0 atom stereocenters. The van der Waals surface area contributed by atoms with Gasteiger partial charge in [0.2, 0.25) is 0 Å². The van der Waals surface area contributed by atoms with Crippen molar-refractivity contribution in [3.63, 3.8) is 0 Å². The van der Waals surface area contributed by atoms with Gasteiger partial charge in [0.15, 0.2) is 11.5 Å². The molecule has 0 saturated carbocycles. The molecule has 3 rings (SSSR count). The highest BCUT2D eigenvalue weighted by Crippen LogP contribution is 2.24. The van der Waals surface area contributed by atoms with Gasteiger partial charge in [-0.25, -0.2) is 15.0 Å². The zero-order valence-electron chi connectivity index (χ0n) is 11.3. The lowest BCUT2D eigenvalue weighted by molar-refractivity contribution is 0.696. The van der Waals surface area contributed by atoms with Crippen LogP contribution in [0.15, 0.2) is 36.0 Å². The molecule has 0 saturated heterocycles. The normalized spacial score (nSPS) is 11.0. The Hall–Kier alpha value is -2.35. The van der Waals surface area contributed by atoms with E-state index >= 15 is 0 Å². The number of pyridine rings is 1. The Morgan fingerprint density at radius 2 is 2.10 bits per heavy atom. The molecule has 0 aliphatic rings. The van der Waals surface area contributed by atoms with Crippen LogP contribution in [0.3, 0.4) is 0 Å². The second-order valence-corrected chi connectivity index (χ2v) is 5.62. The first-order valence-corrected chi connectivity index (χ1v) is 7.48. The molecule has 0 bridgehead atoms. The third-order valence-corrected chi connectivity index (χ3v) is 4.22. The summed E-state index contributed by atoms with van der Waals surface area (Å²) in [5.41, 5.74) is 13.8. The monoisotopic (exact) mass is 301 g/mol.